The van der Waals surface area contributed by atoms with Crippen LogP contribution in [0.2, 0.25) is 0 Å². The molecule has 0 spiro atoms. The summed E-state index contributed by atoms with van der Waals surface area (Å²) in [6, 6.07) is 11.2. The molecule has 3 rings (SSSR count). The molecule has 2 N–H and O–H groups in total. The number of fused-ring (bicyclic) bond motifs is 1. The molecule has 96 valence electrons. The van der Waals surface area contributed by atoms with Crippen molar-refractivity contribution in [3.8, 4) is 0 Å². The maximum Gasteiger partial charge on any atom is 0.420 e. The molecule has 2 aromatic carbocycles. The summed E-state index contributed by atoms with van der Waals surface area (Å²) >= 11 is 0. The number of hydrogen-bond donors (Lipinski definition) is 1. The molecule has 4 nitrogen and oxygen atoms in total. The van der Waals surface area contributed by atoms with Crippen LogP contribution in [0, 0.1) is 5.82 Å². The predicted molar refractivity (Wildman–Crippen MR) is 70.4 cm³/mol. The Kier molecular flexibility index (Phi) is 2.59. The van der Waals surface area contributed by atoms with E-state index in [1.165, 1.54) is 16.7 Å². The van der Waals surface area contributed by atoms with Crippen molar-refractivity contribution < 1.29 is 8.81 Å². The van der Waals surface area contributed by atoms with Crippen molar-refractivity contribution in [2.24, 2.45) is 0 Å². The van der Waals surface area contributed by atoms with E-state index in [0.717, 1.165) is 5.56 Å². The third-order valence-corrected chi connectivity index (χ3v) is 2.98. The van der Waals surface area contributed by atoms with Gasteiger partial charge in [-0.05, 0) is 29.8 Å². The van der Waals surface area contributed by atoms with Crippen molar-refractivity contribution in [3.05, 3.63) is 64.4 Å². The normalized spacial score (nSPS) is 11.0. The average molecular weight is 258 g/mol. The number of rotatable bonds is 2. The molecule has 0 atom stereocenters. The third-order valence-electron chi connectivity index (χ3n) is 2.98. The monoisotopic (exact) mass is 258 g/mol. The molecule has 0 saturated heterocycles. The first-order valence-corrected chi connectivity index (χ1v) is 5.77. The lowest BCUT2D eigenvalue weighted by molar-refractivity contribution is 0.518. The lowest BCUT2D eigenvalue weighted by atomic mass is 10.2. The number of oxazole rings is 1. The Morgan fingerprint density at radius 1 is 1.16 bits per heavy atom. The largest absolute Gasteiger partial charge is 0.420 e. The Hall–Kier alpha value is -2.56. The van der Waals surface area contributed by atoms with Crippen LogP contribution in [0.1, 0.15) is 5.56 Å². The van der Waals surface area contributed by atoms with E-state index in [2.05, 4.69) is 0 Å². The first kappa shape index (κ1) is 11.5. The van der Waals surface area contributed by atoms with Crippen molar-refractivity contribution in [1.29, 1.82) is 0 Å². The molecule has 0 aliphatic heterocycles. The molecular weight excluding hydrogens is 247 g/mol. The van der Waals surface area contributed by atoms with E-state index in [-0.39, 0.29) is 5.82 Å². The van der Waals surface area contributed by atoms with Crippen LogP contribution in [0.3, 0.4) is 0 Å². The van der Waals surface area contributed by atoms with E-state index >= 15 is 0 Å². The summed E-state index contributed by atoms with van der Waals surface area (Å²) in [7, 11) is 0. The maximum absolute atomic E-state index is 12.8. The molecular formula is C14H11FN2O2. The Labute approximate surface area is 107 Å². The molecule has 0 amide bonds. The summed E-state index contributed by atoms with van der Waals surface area (Å²) in [5.41, 5.74) is 8.01. The fraction of sp³-hybridized carbons (Fsp3) is 0.0714. The minimum absolute atomic E-state index is 0.308. The van der Waals surface area contributed by atoms with Gasteiger partial charge in [0.05, 0.1) is 17.7 Å². The Balaban J connectivity index is 2.10. The second kappa shape index (κ2) is 4.28. The summed E-state index contributed by atoms with van der Waals surface area (Å²) in [6.45, 7) is 0.315. The van der Waals surface area contributed by atoms with Crippen LogP contribution in [0.5, 0.6) is 0 Å². The number of nitrogens with two attached hydrogens (primary N) is 1. The van der Waals surface area contributed by atoms with Gasteiger partial charge < -0.3 is 10.2 Å². The summed E-state index contributed by atoms with van der Waals surface area (Å²) in [4.78, 5) is 11.8. The van der Waals surface area contributed by atoms with E-state index in [9.17, 15) is 9.18 Å². The molecule has 0 aliphatic rings. The zero-order chi connectivity index (χ0) is 13.4. The molecule has 5 heteroatoms. The minimum atomic E-state index is -0.475. The molecule has 1 aromatic heterocycles. The van der Waals surface area contributed by atoms with Crippen molar-refractivity contribution >= 4 is 16.8 Å². The first-order valence-electron chi connectivity index (χ1n) is 5.77. The van der Waals surface area contributed by atoms with Gasteiger partial charge in [-0.3, -0.25) is 4.57 Å². The molecule has 0 unspecified atom stereocenters. The minimum Gasteiger partial charge on any atom is -0.405 e. The standard InChI is InChI=1S/C14H11FN2O2/c15-10-6-4-9(5-7-10)8-17-12-3-1-2-11(16)13(12)19-14(17)18/h1-7H,8,16H2. The quantitative estimate of drug-likeness (QED) is 0.718. The van der Waals surface area contributed by atoms with Gasteiger partial charge >= 0.3 is 5.76 Å². The summed E-state index contributed by atoms with van der Waals surface area (Å²) < 4.78 is 19.5. The van der Waals surface area contributed by atoms with Gasteiger partial charge in [-0.15, -0.1) is 0 Å². The molecule has 0 bridgehead atoms. The lowest BCUT2D eigenvalue weighted by Gasteiger charge is -2.02. The van der Waals surface area contributed by atoms with Crippen LogP contribution >= 0.6 is 0 Å². The van der Waals surface area contributed by atoms with Crippen LogP contribution < -0.4 is 11.5 Å². The Morgan fingerprint density at radius 3 is 2.63 bits per heavy atom. The zero-order valence-corrected chi connectivity index (χ0v) is 9.97. The highest BCUT2D eigenvalue weighted by Crippen LogP contribution is 2.20. The predicted octanol–water partition coefficient (Wildman–Crippen LogP) is 2.36. The maximum atomic E-state index is 12.8. The number of anilines is 1. The molecule has 19 heavy (non-hydrogen) atoms. The van der Waals surface area contributed by atoms with Crippen LogP contribution in [0.15, 0.2) is 51.7 Å². The van der Waals surface area contributed by atoms with E-state index in [4.69, 9.17) is 10.2 Å². The number of nitrogen functional groups attached to an aromatic ring is 1. The van der Waals surface area contributed by atoms with E-state index in [0.29, 0.717) is 23.3 Å². The molecule has 0 fully saturated rings. The molecule has 0 aliphatic carbocycles. The highest BCUT2D eigenvalue weighted by molar-refractivity contribution is 5.84. The van der Waals surface area contributed by atoms with Gasteiger partial charge in [0.15, 0.2) is 5.58 Å². The van der Waals surface area contributed by atoms with Gasteiger partial charge in [0.1, 0.15) is 5.82 Å². The lowest BCUT2D eigenvalue weighted by Crippen LogP contribution is -2.14. The molecule has 0 saturated carbocycles. The SMILES string of the molecule is Nc1cccc2c1oc(=O)n2Cc1ccc(F)cc1. The van der Waals surface area contributed by atoms with Gasteiger partial charge in [-0.2, -0.15) is 0 Å². The summed E-state index contributed by atoms with van der Waals surface area (Å²) in [5, 5.41) is 0. The van der Waals surface area contributed by atoms with E-state index < -0.39 is 5.76 Å². The van der Waals surface area contributed by atoms with Crippen LogP contribution in [0.4, 0.5) is 10.1 Å². The smallest absolute Gasteiger partial charge is 0.405 e. The number of aromatic nitrogens is 1. The van der Waals surface area contributed by atoms with Crippen molar-refractivity contribution in [1.82, 2.24) is 4.57 Å². The summed E-state index contributed by atoms with van der Waals surface area (Å²) in [6.07, 6.45) is 0. The van der Waals surface area contributed by atoms with Gasteiger partial charge in [0.25, 0.3) is 0 Å². The summed E-state index contributed by atoms with van der Waals surface area (Å²) in [5.74, 6) is -0.783. The highest BCUT2D eigenvalue weighted by Gasteiger charge is 2.11. The topological polar surface area (TPSA) is 61.2 Å². The Morgan fingerprint density at radius 2 is 1.89 bits per heavy atom. The van der Waals surface area contributed by atoms with Crippen molar-refractivity contribution in [2.45, 2.75) is 6.54 Å². The van der Waals surface area contributed by atoms with Gasteiger partial charge in [0.2, 0.25) is 0 Å². The Bertz CT molecular complexity index is 787. The van der Waals surface area contributed by atoms with E-state index in [1.807, 2.05) is 0 Å². The van der Waals surface area contributed by atoms with Crippen molar-refractivity contribution in [3.63, 3.8) is 0 Å². The number of halogens is 1. The second-order valence-electron chi connectivity index (χ2n) is 4.28. The van der Waals surface area contributed by atoms with Crippen LogP contribution in [-0.2, 0) is 6.54 Å². The van der Waals surface area contributed by atoms with Gasteiger partial charge in [0, 0.05) is 0 Å². The average Bonchev–Trinajstić information content (AvgIpc) is 2.71. The molecule has 3 aromatic rings. The molecule has 1 heterocycles. The third kappa shape index (κ3) is 1.99. The highest BCUT2D eigenvalue weighted by atomic mass is 19.1. The van der Waals surface area contributed by atoms with Gasteiger partial charge in [-0.25, -0.2) is 9.18 Å². The fourth-order valence-electron chi connectivity index (χ4n) is 2.03. The number of para-hydroxylation sites is 1. The van der Waals surface area contributed by atoms with Gasteiger partial charge in [-0.1, -0.05) is 18.2 Å². The zero-order valence-electron chi connectivity index (χ0n) is 9.97. The first-order chi connectivity index (χ1) is 9.15. The van der Waals surface area contributed by atoms with Crippen molar-refractivity contribution in [2.75, 3.05) is 5.73 Å². The number of hydrogen-bond acceptors (Lipinski definition) is 3. The number of benzene rings is 2. The second-order valence-corrected chi connectivity index (χ2v) is 4.28. The van der Waals surface area contributed by atoms with Crippen LogP contribution in [0.25, 0.3) is 11.1 Å². The fourth-order valence-corrected chi connectivity index (χ4v) is 2.03. The number of nitrogens with zero attached hydrogens (tertiary/aromatic N) is 1. The molecule has 0 radical (unpaired) electrons. The van der Waals surface area contributed by atoms with E-state index in [1.54, 1.807) is 30.3 Å². The van der Waals surface area contributed by atoms with Crippen LogP contribution in [-0.4, -0.2) is 4.57 Å².